The molecule has 0 atom stereocenters. The summed E-state index contributed by atoms with van der Waals surface area (Å²) in [5.74, 6) is -0.364. The Labute approximate surface area is 95.4 Å². The molecular weight excluding hydrogens is 213 g/mol. The fourth-order valence-electron chi connectivity index (χ4n) is 1.68. The van der Waals surface area contributed by atoms with Gasteiger partial charge in [0.15, 0.2) is 0 Å². The van der Waals surface area contributed by atoms with Gasteiger partial charge in [-0.05, 0) is 42.5 Å². The van der Waals surface area contributed by atoms with Gasteiger partial charge < -0.3 is 5.73 Å². The monoisotopic (exact) mass is 229 g/mol. The molecule has 0 saturated heterocycles. The van der Waals surface area contributed by atoms with Crippen molar-refractivity contribution in [1.29, 1.82) is 0 Å². The minimum absolute atomic E-state index is 0.135. The molecule has 84 valence electrons. The fraction of sp³-hybridized carbons (Fsp3) is 0.500. The van der Waals surface area contributed by atoms with Crippen LogP contribution in [0.5, 0.6) is 0 Å². The van der Waals surface area contributed by atoms with Crippen molar-refractivity contribution in [2.45, 2.75) is 26.7 Å². The molecule has 0 aliphatic heterocycles. The summed E-state index contributed by atoms with van der Waals surface area (Å²) in [7, 11) is 0. The van der Waals surface area contributed by atoms with Gasteiger partial charge in [0.25, 0.3) is 0 Å². The van der Waals surface area contributed by atoms with E-state index < -0.39 is 0 Å². The average molecular weight is 230 g/mol. The van der Waals surface area contributed by atoms with Crippen LogP contribution in [0.15, 0.2) is 18.2 Å². The van der Waals surface area contributed by atoms with E-state index in [2.05, 4.69) is 13.8 Å². The summed E-state index contributed by atoms with van der Waals surface area (Å²) < 4.78 is 12.9. The van der Waals surface area contributed by atoms with E-state index in [1.54, 1.807) is 12.1 Å². The highest BCUT2D eigenvalue weighted by Gasteiger charge is 2.17. The molecule has 0 aromatic heterocycles. The lowest BCUT2D eigenvalue weighted by molar-refractivity contribution is 0.338. The zero-order valence-corrected chi connectivity index (χ0v) is 9.94. The molecule has 0 spiro atoms. The van der Waals surface area contributed by atoms with Crippen LogP contribution in [0.4, 0.5) is 4.39 Å². The summed E-state index contributed by atoms with van der Waals surface area (Å²) in [6.07, 6.45) is 1.81. The Morgan fingerprint density at radius 3 is 2.60 bits per heavy atom. The van der Waals surface area contributed by atoms with Gasteiger partial charge in [0.05, 0.1) is 5.02 Å². The van der Waals surface area contributed by atoms with Crippen molar-refractivity contribution in [2.24, 2.45) is 11.1 Å². The van der Waals surface area contributed by atoms with E-state index >= 15 is 0 Å². The SMILES string of the molecule is CC(C)(CCN)Cc1ccc(F)c(Cl)c1. The van der Waals surface area contributed by atoms with E-state index in [4.69, 9.17) is 17.3 Å². The molecule has 0 aliphatic rings. The highest BCUT2D eigenvalue weighted by atomic mass is 35.5. The standard InChI is InChI=1S/C12H17ClFN/c1-12(2,5-6-15)8-9-3-4-11(14)10(13)7-9/h3-4,7H,5-6,8,15H2,1-2H3. The van der Waals surface area contributed by atoms with Crippen molar-refractivity contribution >= 4 is 11.6 Å². The Bertz CT molecular complexity index is 336. The Balaban J connectivity index is 2.76. The van der Waals surface area contributed by atoms with Crippen molar-refractivity contribution in [3.8, 4) is 0 Å². The molecule has 0 radical (unpaired) electrons. The van der Waals surface area contributed by atoms with Gasteiger partial charge >= 0.3 is 0 Å². The molecule has 15 heavy (non-hydrogen) atoms. The van der Waals surface area contributed by atoms with Gasteiger partial charge in [-0.2, -0.15) is 0 Å². The molecule has 1 rings (SSSR count). The first-order valence-corrected chi connectivity index (χ1v) is 5.46. The molecule has 1 aromatic rings. The molecule has 0 saturated carbocycles. The topological polar surface area (TPSA) is 26.0 Å². The van der Waals surface area contributed by atoms with Gasteiger partial charge in [-0.3, -0.25) is 0 Å². The zero-order chi connectivity index (χ0) is 11.5. The van der Waals surface area contributed by atoms with Crippen molar-refractivity contribution in [2.75, 3.05) is 6.54 Å². The number of hydrogen-bond acceptors (Lipinski definition) is 1. The van der Waals surface area contributed by atoms with Gasteiger partial charge in [-0.1, -0.05) is 31.5 Å². The molecule has 1 aromatic carbocycles. The quantitative estimate of drug-likeness (QED) is 0.842. The van der Waals surface area contributed by atoms with Crippen LogP contribution in [0.3, 0.4) is 0 Å². The minimum atomic E-state index is -0.364. The Morgan fingerprint density at radius 1 is 1.40 bits per heavy atom. The van der Waals surface area contributed by atoms with Crippen molar-refractivity contribution in [3.63, 3.8) is 0 Å². The van der Waals surface area contributed by atoms with Gasteiger partial charge in [0.2, 0.25) is 0 Å². The molecule has 3 heteroatoms. The van der Waals surface area contributed by atoms with Crippen LogP contribution in [0.1, 0.15) is 25.8 Å². The predicted octanol–water partition coefficient (Wildman–Crippen LogP) is 3.40. The van der Waals surface area contributed by atoms with Crippen molar-refractivity contribution < 1.29 is 4.39 Å². The van der Waals surface area contributed by atoms with Gasteiger partial charge in [0, 0.05) is 0 Å². The first-order chi connectivity index (χ1) is 6.94. The third-order valence-electron chi connectivity index (χ3n) is 2.49. The second-order valence-electron chi connectivity index (χ2n) is 4.63. The maximum atomic E-state index is 12.9. The number of halogens is 2. The first kappa shape index (κ1) is 12.5. The van der Waals surface area contributed by atoms with E-state index in [0.29, 0.717) is 6.54 Å². The van der Waals surface area contributed by atoms with Crippen LogP contribution >= 0.6 is 11.6 Å². The Kier molecular flexibility index (Phi) is 4.12. The lowest BCUT2D eigenvalue weighted by Gasteiger charge is -2.23. The van der Waals surface area contributed by atoms with Crippen molar-refractivity contribution in [3.05, 3.63) is 34.6 Å². The molecule has 0 bridgehead atoms. The van der Waals surface area contributed by atoms with Gasteiger partial charge in [-0.25, -0.2) is 4.39 Å². The number of benzene rings is 1. The second-order valence-corrected chi connectivity index (χ2v) is 5.04. The largest absolute Gasteiger partial charge is 0.330 e. The lowest BCUT2D eigenvalue weighted by atomic mass is 9.83. The van der Waals surface area contributed by atoms with Crippen molar-refractivity contribution in [1.82, 2.24) is 0 Å². The van der Waals surface area contributed by atoms with Gasteiger partial charge in [0.1, 0.15) is 5.82 Å². The summed E-state index contributed by atoms with van der Waals surface area (Å²) in [6, 6.07) is 4.88. The highest BCUT2D eigenvalue weighted by molar-refractivity contribution is 6.30. The van der Waals surface area contributed by atoms with Crippen LogP contribution in [-0.4, -0.2) is 6.54 Å². The van der Waals surface area contributed by atoms with E-state index in [0.717, 1.165) is 18.4 Å². The maximum absolute atomic E-state index is 12.9. The molecule has 1 nitrogen and oxygen atoms in total. The van der Waals surface area contributed by atoms with Crippen LogP contribution in [-0.2, 0) is 6.42 Å². The third kappa shape index (κ3) is 3.80. The number of hydrogen-bond donors (Lipinski definition) is 1. The molecule has 0 amide bonds. The summed E-state index contributed by atoms with van der Waals surface area (Å²) in [4.78, 5) is 0. The van der Waals surface area contributed by atoms with E-state index in [1.807, 2.05) is 0 Å². The lowest BCUT2D eigenvalue weighted by Crippen LogP contribution is -2.19. The zero-order valence-electron chi connectivity index (χ0n) is 9.19. The molecular formula is C12H17ClFN. The Morgan fingerprint density at radius 2 is 2.07 bits per heavy atom. The van der Waals surface area contributed by atoms with Gasteiger partial charge in [-0.15, -0.1) is 0 Å². The summed E-state index contributed by atoms with van der Waals surface area (Å²) >= 11 is 5.72. The third-order valence-corrected chi connectivity index (χ3v) is 2.78. The molecule has 0 fully saturated rings. The molecule has 0 aliphatic carbocycles. The van der Waals surface area contributed by atoms with Crippen LogP contribution in [0.2, 0.25) is 5.02 Å². The maximum Gasteiger partial charge on any atom is 0.141 e. The first-order valence-electron chi connectivity index (χ1n) is 5.08. The predicted molar refractivity (Wildman–Crippen MR) is 62.6 cm³/mol. The fourth-order valence-corrected chi connectivity index (χ4v) is 1.88. The van der Waals surface area contributed by atoms with E-state index in [1.165, 1.54) is 6.07 Å². The minimum Gasteiger partial charge on any atom is -0.330 e. The van der Waals surface area contributed by atoms with Crippen LogP contribution in [0, 0.1) is 11.2 Å². The number of rotatable bonds is 4. The van der Waals surface area contributed by atoms with Crippen LogP contribution in [0.25, 0.3) is 0 Å². The Hall–Kier alpha value is -0.600. The summed E-state index contributed by atoms with van der Waals surface area (Å²) in [6.45, 7) is 4.97. The number of nitrogens with two attached hydrogens (primary N) is 1. The molecule has 0 heterocycles. The smallest absolute Gasteiger partial charge is 0.141 e. The van der Waals surface area contributed by atoms with E-state index in [-0.39, 0.29) is 16.3 Å². The highest BCUT2D eigenvalue weighted by Crippen LogP contribution is 2.27. The van der Waals surface area contributed by atoms with Crippen LogP contribution < -0.4 is 5.73 Å². The van der Waals surface area contributed by atoms with E-state index in [9.17, 15) is 4.39 Å². The average Bonchev–Trinajstić information content (AvgIpc) is 2.10. The summed E-state index contributed by atoms with van der Waals surface area (Å²) in [5.41, 5.74) is 6.73. The normalized spacial score (nSPS) is 11.8. The summed E-state index contributed by atoms with van der Waals surface area (Å²) in [5, 5.41) is 0.191. The molecule has 0 unspecified atom stereocenters. The molecule has 2 N–H and O–H groups in total. The second kappa shape index (κ2) is 4.95.